The number of likely N-dealkylation sites (tertiary alicyclic amines) is 2. The lowest BCUT2D eigenvalue weighted by Gasteiger charge is -2.30. The van der Waals surface area contributed by atoms with Gasteiger partial charge in [-0.25, -0.2) is 19.8 Å². The molecule has 7 rings (SSSR count). The molecule has 5 aromatic rings. The second kappa shape index (κ2) is 17.8. The van der Waals surface area contributed by atoms with Crippen molar-refractivity contribution in [2.45, 2.75) is 90.4 Å². The molecule has 2 aromatic heterocycles. The van der Waals surface area contributed by atoms with Crippen molar-refractivity contribution in [3.63, 3.8) is 0 Å². The molecule has 14 nitrogen and oxygen atoms in total. The summed E-state index contributed by atoms with van der Waals surface area (Å²) in [5, 5.41) is 2.76. The van der Waals surface area contributed by atoms with Crippen LogP contribution in [0.25, 0.3) is 44.3 Å². The fraction of sp³-hybridized carbons (Fsp3) is 0.455. The summed E-state index contributed by atoms with van der Waals surface area (Å²) in [5.41, 5.74) is 7.69. The number of H-pyrrole nitrogens is 2. The molecule has 2 aliphatic rings. The van der Waals surface area contributed by atoms with Crippen LogP contribution in [0.5, 0.6) is 0 Å². The molecule has 0 unspecified atom stereocenters. The van der Waals surface area contributed by atoms with E-state index in [1.165, 1.54) is 20.6 Å². The van der Waals surface area contributed by atoms with E-state index in [9.17, 15) is 14.4 Å². The summed E-state index contributed by atoms with van der Waals surface area (Å²) < 4.78 is 4.82. The van der Waals surface area contributed by atoms with Crippen LogP contribution < -0.4 is 5.32 Å². The summed E-state index contributed by atoms with van der Waals surface area (Å²) >= 11 is 0. The summed E-state index contributed by atoms with van der Waals surface area (Å²) in [4.78, 5) is 74.3. The molecule has 14 heteroatoms. The molecule has 3 aromatic carbocycles. The number of hydrogen-bond donors (Lipinski definition) is 3. The molecule has 2 saturated heterocycles. The van der Waals surface area contributed by atoms with Crippen molar-refractivity contribution in [2.75, 3.05) is 27.3 Å². The van der Waals surface area contributed by atoms with Gasteiger partial charge in [0.15, 0.2) is 0 Å². The van der Waals surface area contributed by atoms with Gasteiger partial charge in [0.05, 0.1) is 48.4 Å². The monoisotopic (exact) mass is 790 g/mol. The average molecular weight is 791 g/mol. The number of ether oxygens (including phenoxy) is 1. The molecule has 0 bridgehead atoms. The number of rotatable bonds is 14. The van der Waals surface area contributed by atoms with Crippen LogP contribution in [-0.2, 0) is 24.1 Å². The molecule has 0 radical (unpaired) electrons. The molecule has 0 aliphatic carbocycles. The second-order valence-corrected chi connectivity index (χ2v) is 15.5. The number of nitrogens with one attached hydrogen (secondary N) is 3. The topological polar surface area (TPSA) is 167 Å². The van der Waals surface area contributed by atoms with E-state index in [0.717, 1.165) is 94.5 Å². The Hall–Kier alpha value is -5.76. The van der Waals surface area contributed by atoms with Gasteiger partial charge in [-0.3, -0.25) is 9.59 Å². The number of alkyl carbamates (subject to hydrolysis) is 1. The summed E-state index contributed by atoms with van der Waals surface area (Å²) in [5.74, 6) is 1.36. The third kappa shape index (κ3) is 8.29. The highest BCUT2D eigenvalue weighted by Gasteiger charge is 2.39. The summed E-state index contributed by atoms with van der Waals surface area (Å²) in [6, 6.07) is 19.3. The molecule has 2 aliphatic heterocycles. The smallest absolute Gasteiger partial charge is 0.407 e. The van der Waals surface area contributed by atoms with E-state index in [2.05, 4.69) is 80.6 Å². The number of carbonyl (C=O) groups is 3. The molecular formula is C44H54N8O6. The van der Waals surface area contributed by atoms with Gasteiger partial charge in [0.25, 0.3) is 0 Å². The lowest BCUT2D eigenvalue weighted by molar-refractivity contribution is -0.188. The average Bonchev–Trinajstić information content (AvgIpc) is 4.08. The van der Waals surface area contributed by atoms with Crippen molar-refractivity contribution >= 4 is 46.4 Å². The zero-order valence-corrected chi connectivity index (χ0v) is 34.2. The molecule has 2 fully saturated rings. The number of benzene rings is 3. The van der Waals surface area contributed by atoms with Gasteiger partial charge in [-0.1, -0.05) is 76.9 Å². The van der Waals surface area contributed by atoms with Gasteiger partial charge in [0, 0.05) is 13.1 Å². The Morgan fingerprint density at radius 3 is 1.76 bits per heavy atom. The Bertz CT molecular complexity index is 2270. The zero-order valence-electron chi connectivity index (χ0n) is 34.2. The highest BCUT2D eigenvalue weighted by atomic mass is 17.2. The van der Waals surface area contributed by atoms with Crippen LogP contribution in [0.3, 0.4) is 0 Å². The maximum absolute atomic E-state index is 13.8. The third-order valence-electron chi connectivity index (χ3n) is 12.0. The maximum Gasteiger partial charge on any atom is 0.407 e. The highest BCUT2D eigenvalue weighted by Crippen LogP contribution is 2.36. The molecule has 4 heterocycles. The highest BCUT2D eigenvalue weighted by molar-refractivity contribution is 5.88. The summed E-state index contributed by atoms with van der Waals surface area (Å²) in [6.45, 7) is 9.29. The number of methoxy groups -OCH3 is 1. The van der Waals surface area contributed by atoms with E-state index in [1.807, 2.05) is 42.7 Å². The van der Waals surface area contributed by atoms with Crippen LogP contribution in [0.15, 0.2) is 65.7 Å². The number of hydrogen-bond acceptors (Lipinski definition) is 9. The molecule has 58 heavy (non-hydrogen) atoms. The van der Waals surface area contributed by atoms with Gasteiger partial charge in [-0.2, -0.15) is 4.89 Å². The van der Waals surface area contributed by atoms with Gasteiger partial charge in [0.2, 0.25) is 18.2 Å². The Labute approximate surface area is 338 Å². The first-order valence-electron chi connectivity index (χ1n) is 20.4. The number of fused-ring (bicyclic) bond motifs is 2. The van der Waals surface area contributed by atoms with Gasteiger partial charge in [-0.05, 0) is 84.0 Å². The van der Waals surface area contributed by atoms with Crippen LogP contribution >= 0.6 is 0 Å². The normalized spacial score (nSPS) is 19.1. The minimum Gasteiger partial charge on any atom is -0.453 e. The Morgan fingerprint density at radius 2 is 1.28 bits per heavy atom. The van der Waals surface area contributed by atoms with Gasteiger partial charge in [-0.15, -0.1) is 0 Å². The van der Waals surface area contributed by atoms with Crippen LogP contribution in [0, 0.1) is 11.8 Å². The summed E-state index contributed by atoms with van der Waals surface area (Å²) in [6.07, 6.45) is 5.49. The quantitative estimate of drug-likeness (QED) is 0.0442. The number of amides is 3. The first-order chi connectivity index (χ1) is 28.1. The number of aromatic nitrogens is 4. The predicted octanol–water partition coefficient (Wildman–Crippen LogP) is 7.89. The minimum atomic E-state index is -0.674. The van der Waals surface area contributed by atoms with Crippen molar-refractivity contribution < 1.29 is 28.9 Å². The van der Waals surface area contributed by atoms with E-state index in [0.29, 0.717) is 13.1 Å². The van der Waals surface area contributed by atoms with Gasteiger partial charge >= 0.3 is 6.09 Å². The Morgan fingerprint density at radius 1 is 0.776 bits per heavy atom. The molecule has 0 saturated carbocycles. The van der Waals surface area contributed by atoms with Gasteiger partial charge in [0.1, 0.15) is 23.7 Å². The van der Waals surface area contributed by atoms with Crippen molar-refractivity contribution in [3.8, 4) is 22.3 Å². The zero-order chi connectivity index (χ0) is 40.9. The second-order valence-electron chi connectivity index (χ2n) is 15.5. The number of nitrogens with zero attached hydrogens (tertiary/aromatic N) is 5. The molecule has 0 spiro atoms. The molecule has 3 amide bonds. The molecule has 3 N–H and O–H groups in total. The van der Waals surface area contributed by atoms with Crippen molar-refractivity contribution in [3.05, 3.63) is 72.3 Å². The summed E-state index contributed by atoms with van der Waals surface area (Å²) in [7, 11) is 2.71. The predicted molar refractivity (Wildman–Crippen MR) is 223 cm³/mol. The lowest BCUT2D eigenvalue weighted by Crippen LogP contribution is -2.51. The first-order valence-corrected chi connectivity index (χ1v) is 20.4. The van der Waals surface area contributed by atoms with Crippen LogP contribution in [-0.4, -0.2) is 93.4 Å². The Kier molecular flexibility index (Phi) is 12.4. The van der Waals surface area contributed by atoms with E-state index in [1.54, 1.807) is 0 Å². The van der Waals surface area contributed by atoms with Crippen LogP contribution in [0.1, 0.15) is 90.0 Å². The first kappa shape index (κ1) is 40.4. The van der Waals surface area contributed by atoms with Crippen LogP contribution in [0.2, 0.25) is 0 Å². The Balaban J connectivity index is 1.06. The largest absolute Gasteiger partial charge is 0.453 e. The lowest BCUT2D eigenvalue weighted by atomic mass is 9.97. The van der Waals surface area contributed by atoms with Crippen molar-refractivity contribution in [1.82, 2.24) is 35.1 Å². The van der Waals surface area contributed by atoms with Crippen molar-refractivity contribution in [1.29, 1.82) is 0 Å². The molecule has 306 valence electrons. The maximum atomic E-state index is 13.8. The van der Waals surface area contributed by atoms with Crippen LogP contribution in [0.4, 0.5) is 4.79 Å². The third-order valence-corrected chi connectivity index (χ3v) is 12.0. The number of imidazole rings is 2. The van der Waals surface area contributed by atoms with E-state index in [-0.39, 0.29) is 35.7 Å². The molecule has 6 atom stereocenters. The minimum absolute atomic E-state index is 0.0325. The standard InChI is InChI=1S/C44H54N8O6/c1-7-26(3)38(45-25-58-57-6)42(53)51-21-9-11-36(51)40-46-32-19-17-30(23-34(32)48-40)28-13-15-29(16-14-28)31-18-20-33-35(24-31)49-41(47-33)37-12-10-22-52(37)43(54)39(27(4)8-2)50-44(55)56-5/h13-20,23-27,36-39H,7-12,21-22H2,1-6H3,(H,46,48)(H,47,49)(H,50,55)/b45-25-/t26-,27-,36-,37-,38-,39-/m0/s1. The number of aliphatic imine (C=N–C) groups is 1. The fourth-order valence-corrected chi connectivity index (χ4v) is 8.24. The fourth-order valence-electron chi connectivity index (χ4n) is 8.24. The van der Waals surface area contributed by atoms with Gasteiger partial charge < -0.3 is 34.7 Å². The molecular weight excluding hydrogens is 737 g/mol. The van der Waals surface area contributed by atoms with E-state index >= 15 is 0 Å². The van der Waals surface area contributed by atoms with Crippen molar-refractivity contribution in [2.24, 2.45) is 16.8 Å². The van der Waals surface area contributed by atoms with E-state index in [4.69, 9.17) is 19.6 Å². The number of aromatic amines is 2. The SMILES string of the molecule is CC[C@H](C)[C@H](/N=C\OOC)C(=O)N1CCC[C@H]1c1nc2cc(-c3ccc(-c4ccc5[nH]c([C@@H]6CCCN6C(=O)[C@@H](NC(=O)OC)[C@@H](C)CC)nc5c4)cc3)ccc2[nH]1. The number of carbonyl (C=O) groups excluding carboxylic acids is 3. The van der Waals surface area contributed by atoms with E-state index < -0.39 is 18.2 Å².